The highest BCUT2D eigenvalue weighted by molar-refractivity contribution is 6.42. The second-order valence-electron chi connectivity index (χ2n) is 5.68. The molecule has 0 spiro atoms. The number of nitrogens with zero attached hydrogens (tertiary/aromatic N) is 1. The van der Waals surface area contributed by atoms with Gasteiger partial charge < -0.3 is 14.6 Å². The van der Waals surface area contributed by atoms with Crippen LogP contribution in [0.5, 0.6) is 0 Å². The molecule has 1 aliphatic rings. The Balaban J connectivity index is 2.08. The fourth-order valence-corrected chi connectivity index (χ4v) is 3.06. The van der Waals surface area contributed by atoms with E-state index < -0.39 is 17.8 Å². The Morgan fingerprint density at radius 3 is 2.79 bits per heavy atom. The molecule has 3 unspecified atom stereocenters. The van der Waals surface area contributed by atoms with Crippen LogP contribution >= 0.6 is 23.2 Å². The summed E-state index contributed by atoms with van der Waals surface area (Å²) in [7, 11) is 0. The van der Waals surface area contributed by atoms with Gasteiger partial charge in [0.05, 0.1) is 22.7 Å². The third kappa shape index (κ3) is 5.09. The minimum atomic E-state index is -1.18. The maximum Gasteiger partial charge on any atom is 0.321 e. The number of rotatable bonds is 7. The average molecular weight is 372 g/mol. The molecule has 5 nitrogen and oxygen atoms in total. The molecule has 0 amide bonds. The molecule has 1 N–H and O–H groups in total. The number of hydrogen-bond donors (Lipinski definition) is 1. The molecule has 1 aromatic rings. The Kier molecular flexibility index (Phi) is 7.32. The number of carbonyl (C=O) groups is 1. The second kappa shape index (κ2) is 9.24. The zero-order chi connectivity index (χ0) is 17.5. The summed E-state index contributed by atoms with van der Waals surface area (Å²) < 4.78 is 11.2. The van der Waals surface area contributed by atoms with E-state index in [1.807, 2.05) is 6.07 Å². The number of halogens is 2. The maximum atomic E-state index is 11.4. The molecule has 1 aliphatic heterocycles. The fraction of sp³-hybridized carbons (Fsp3) is 0.529. The lowest BCUT2D eigenvalue weighted by Gasteiger charge is -2.25. The third-order valence-electron chi connectivity index (χ3n) is 4.05. The van der Waals surface area contributed by atoms with Crippen molar-refractivity contribution in [1.82, 2.24) is 0 Å². The van der Waals surface area contributed by atoms with Crippen molar-refractivity contribution < 1.29 is 19.4 Å². The first-order chi connectivity index (χ1) is 11.5. The predicted molar refractivity (Wildman–Crippen MR) is 90.1 cm³/mol. The van der Waals surface area contributed by atoms with E-state index in [4.69, 9.17) is 32.7 Å². The number of carboxylic acids is 1. The third-order valence-corrected chi connectivity index (χ3v) is 4.79. The topological polar surface area (TPSA) is 79.6 Å². The van der Waals surface area contributed by atoms with Gasteiger partial charge in [-0.1, -0.05) is 29.3 Å². The smallest absolute Gasteiger partial charge is 0.321 e. The first-order valence-electron chi connectivity index (χ1n) is 7.83. The number of benzene rings is 1. The quantitative estimate of drug-likeness (QED) is 0.775. The van der Waals surface area contributed by atoms with Gasteiger partial charge in [0.15, 0.2) is 12.2 Å². The molecular weight excluding hydrogens is 353 g/mol. The van der Waals surface area contributed by atoms with Crippen LogP contribution < -0.4 is 0 Å². The zero-order valence-electron chi connectivity index (χ0n) is 13.1. The summed E-state index contributed by atoms with van der Waals surface area (Å²) in [6, 6.07) is 6.77. The van der Waals surface area contributed by atoms with E-state index in [1.54, 1.807) is 18.2 Å². The maximum absolute atomic E-state index is 11.4. The Hall–Kier alpha value is -1.32. The van der Waals surface area contributed by atoms with Crippen LogP contribution in [0.1, 0.15) is 37.2 Å². The largest absolute Gasteiger partial charge is 0.480 e. The monoisotopic (exact) mass is 371 g/mol. The Morgan fingerprint density at radius 2 is 2.21 bits per heavy atom. The summed E-state index contributed by atoms with van der Waals surface area (Å²) in [5.41, 5.74) is 0.659. The van der Waals surface area contributed by atoms with Gasteiger partial charge in [-0.2, -0.15) is 5.26 Å². The van der Waals surface area contributed by atoms with Gasteiger partial charge in [0.1, 0.15) is 0 Å². The number of nitriles is 1. The van der Waals surface area contributed by atoms with Crippen LogP contribution in [-0.2, 0) is 14.3 Å². The van der Waals surface area contributed by atoms with Crippen LogP contribution in [0.4, 0.5) is 0 Å². The lowest BCUT2D eigenvalue weighted by atomic mass is 9.84. The van der Waals surface area contributed by atoms with Crippen molar-refractivity contribution in [2.75, 3.05) is 13.2 Å². The van der Waals surface area contributed by atoms with E-state index in [0.717, 1.165) is 19.3 Å². The molecule has 0 saturated carbocycles. The molecule has 24 heavy (non-hydrogen) atoms. The van der Waals surface area contributed by atoms with Gasteiger partial charge in [0.2, 0.25) is 0 Å². The Morgan fingerprint density at radius 1 is 1.42 bits per heavy atom. The highest BCUT2D eigenvalue weighted by Crippen LogP contribution is 2.33. The number of hydrogen-bond acceptors (Lipinski definition) is 4. The van der Waals surface area contributed by atoms with Gasteiger partial charge in [0.25, 0.3) is 0 Å². The van der Waals surface area contributed by atoms with E-state index in [0.29, 0.717) is 35.2 Å². The molecule has 0 bridgehead atoms. The van der Waals surface area contributed by atoms with E-state index in [1.165, 1.54) is 0 Å². The highest BCUT2D eigenvalue weighted by Gasteiger charge is 2.30. The van der Waals surface area contributed by atoms with Gasteiger partial charge >= 0.3 is 5.97 Å². The van der Waals surface area contributed by atoms with Gasteiger partial charge in [-0.3, -0.25) is 4.79 Å². The molecule has 0 aromatic heterocycles. The van der Waals surface area contributed by atoms with Crippen molar-refractivity contribution in [2.24, 2.45) is 5.92 Å². The lowest BCUT2D eigenvalue weighted by molar-refractivity contribution is -0.163. The highest BCUT2D eigenvalue weighted by atomic mass is 35.5. The lowest BCUT2D eigenvalue weighted by Crippen LogP contribution is -2.25. The minimum absolute atomic E-state index is 0.251. The van der Waals surface area contributed by atoms with Crippen molar-refractivity contribution >= 4 is 29.2 Å². The molecule has 1 heterocycles. The normalized spacial score (nSPS) is 20.1. The molecule has 1 aromatic carbocycles. The molecule has 0 radical (unpaired) electrons. The van der Waals surface area contributed by atoms with Crippen molar-refractivity contribution in [1.29, 1.82) is 5.26 Å². The van der Waals surface area contributed by atoms with Crippen molar-refractivity contribution in [2.45, 2.75) is 37.9 Å². The van der Waals surface area contributed by atoms with Crippen LogP contribution in [-0.4, -0.2) is 30.6 Å². The molecule has 7 heteroatoms. The zero-order valence-corrected chi connectivity index (χ0v) is 14.6. The number of aliphatic carboxylic acids is 1. The summed E-state index contributed by atoms with van der Waals surface area (Å²) in [4.78, 5) is 11.4. The van der Waals surface area contributed by atoms with Gasteiger partial charge in [-0.25, -0.2) is 0 Å². The molecule has 0 aliphatic carbocycles. The second-order valence-corrected chi connectivity index (χ2v) is 6.50. The fourth-order valence-electron chi connectivity index (χ4n) is 2.76. The summed E-state index contributed by atoms with van der Waals surface area (Å²) in [6.07, 6.45) is 3.04. The predicted octanol–water partition coefficient (Wildman–Crippen LogP) is 4.23. The first-order valence-corrected chi connectivity index (χ1v) is 8.59. The summed E-state index contributed by atoms with van der Waals surface area (Å²) in [5.74, 6) is -2.88. The van der Waals surface area contributed by atoms with Crippen LogP contribution in [0.2, 0.25) is 10.0 Å². The van der Waals surface area contributed by atoms with E-state index in [9.17, 15) is 15.2 Å². The molecule has 1 saturated heterocycles. The first kappa shape index (κ1) is 19.0. The molecular formula is C17H19Cl2NO4. The van der Waals surface area contributed by atoms with Crippen LogP contribution in [0.15, 0.2) is 18.2 Å². The number of ether oxygens (including phenoxy) is 2. The average Bonchev–Trinajstić information content (AvgIpc) is 2.57. The minimum Gasteiger partial charge on any atom is -0.480 e. The molecule has 2 rings (SSSR count). The van der Waals surface area contributed by atoms with E-state index >= 15 is 0 Å². The SMILES string of the molecule is N#CC(C(=O)O)C(CCOC1CCCCO1)c1ccc(Cl)c(Cl)c1. The molecule has 1 fully saturated rings. The summed E-state index contributed by atoms with van der Waals surface area (Å²) in [5, 5.41) is 19.3. The van der Waals surface area contributed by atoms with Gasteiger partial charge in [-0.15, -0.1) is 0 Å². The summed E-state index contributed by atoms with van der Waals surface area (Å²) >= 11 is 11.9. The standard InChI is InChI=1S/C17H19Cl2NO4/c18-14-5-4-11(9-15(14)19)12(13(10-20)17(21)22)6-8-24-16-3-1-2-7-23-16/h4-5,9,12-13,16H,1-3,6-8H2,(H,21,22). The van der Waals surface area contributed by atoms with Crippen LogP contribution in [0.25, 0.3) is 0 Å². The van der Waals surface area contributed by atoms with Crippen molar-refractivity contribution in [3.8, 4) is 6.07 Å². The van der Waals surface area contributed by atoms with Crippen molar-refractivity contribution in [3.05, 3.63) is 33.8 Å². The number of carboxylic acid groups (broad SMARTS) is 1. The Bertz CT molecular complexity index is 611. The Labute approximate surface area is 151 Å². The van der Waals surface area contributed by atoms with Crippen LogP contribution in [0.3, 0.4) is 0 Å². The molecule has 130 valence electrons. The van der Waals surface area contributed by atoms with Gasteiger partial charge in [-0.05, 0) is 43.4 Å². The van der Waals surface area contributed by atoms with E-state index in [-0.39, 0.29) is 6.29 Å². The van der Waals surface area contributed by atoms with E-state index in [2.05, 4.69) is 0 Å². The van der Waals surface area contributed by atoms with Gasteiger partial charge in [0, 0.05) is 12.5 Å². The van der Waals surface area contributed by atoms with Crippen molar-refractivity contribution in [3.63, 3.8) is 0 Å². The summed E-state index contributed by atoms with van der Waals surface area (Å²) in [6.45, 7) is 0.984. The molecule has 3 atom stereocenters. The van der Waals surface area contributed by atoms with Crippen LogP contribution in [0, 0.1) is 17.2 Å².